The fourth-order valence-corrected chi connectivity index (χ4v) is 2.34. The molecule has 136 valence electrons. The van der Waals surface area contributed by atoms with Gasteiger partial charge in [0.2, 0.25) is 11.6 Å². The van der Waals surface area contributed by atoms with Crippen molar-refractivity contribution in [2.75, 3.05) is 5.32 Å². The van der Waals surface area contributed by atoms with Crippen molar-refractivity contribution >= 4 is 11.9 Å². The highest BCUT2D eigenvalue weighted by Gasteiger charge is 2.20. The fourth-order valence-electron chi connectivity index (χ4n) is 2.34. The van der Waals surface area contributed by atoms with E-state index in [1.54, 1.807) is 24.3 Å². The number of hydrogen-bond donors (Lipinski definition) is 1. The molecule has 1 N–H and O–H groups in total. The van der Waals surface area contributed by atoms with Crippen LogP contribution in [0.25, 0.3) is 0 Å². The van der Waals surface area contributed by atoms with E-state index in [1.165, 1.54) is 18.8 Å². The maximum Gasteiger partial charge on any atom is 0.347 e. The van der Waals surface area contributed by atoms with Crippen LogP contribution in [0.15, 0.2) is 33.9 Å². The zero-order chi connectivity index (χ0) is 19.6. The number of nitriles is 1. The summed E-state index contributed by atoms with van der Waals surface area (Å²) in [5.74, 6) is -0.854. The number of amides is 1. The monoisotopic (exact) mass is 367 g/mol. The lowest BCUT2D eigenvalue weighted by Crippen LogP contribution is -2.44. The number of benzene rings is 1. The summed E-state index contributed by atoms with van der Waals surface area (Å²) >= 11 is 0. The summed E-state index contributed by atoms with van der Waals surface area (Å²) in [5.41, 5.74) is -1.33. The van der Waals surface area contributed by atoms with E-state index in [9.17, 15) is 19.6 Å². The number of hydrogen-bond acceptors (Lipinski definition) is 8. The third kappa shape index (κ3) is 3.33. The average Bonchev–Trinajstić information content (AvgIpc) is 3.06. The van der Waals surface area contributed by atoms with Crippen molar-refractivity contribution < 1.29 is 4.79 Å². The van der Waals surface area contributed by atoms with Gasteiger partial charge in [-0.3, -0.25) is 19.5 Å². The lowest BCUT2D eigenvalue weighted by Gasteiger charge is -2.10. The summed E-state index contributed by atoms with van der Waals surface area (Å²) in [6, 6.07) is 8.54. The van der Waals surface area contributed by atoms with Gasteiger partial charge in [0, 0.05) is 14.1 Å². The van der Waals surface area contributed by atoms with Crippen LogP contribution in [0.4, 0.5) is 5.95 Å². The second-order valence-electron chi connectivity index (χ2n) is 5.50. The molecule has 0 spiro atoms. The molecular formula is C15H13N9O3. The molecule has 3 rings (SSSR count). The average molecular weight is 367 g/mol. The summed E-state index contributed by atoms with van der Waals surface area (Å²) in [4.78, 5) is 37.5. The third-order valence-electron chi connectivity index (χ3n) is 3.73. The van der Waals surface area contributed by atoms with E-state index >= 15 is 0 Å². The number of nitrogens with zero attached hydrogens (tertiary/aromatic N) is 8. The van der Waals surface area contributed by atoms with Gasteiger partial charge in [0.05, 0.1) is 18.2 Å². The topological polar surface area (TPSA) is 153 Å². The predicted molar refractivity (Wildman–Crippen MR) is 90.7 cm³/mol. The first kappa shape index (κ1) is 17.7. The van der Waals surface area contributed by atoms with Gasteiger partial charge in [-0.15, -0.1) is 0 Å². The number of nitrogens with one attached hydrogen (secondary N) is 1. The van der Waals surface area contributed by atoms with Gasteiger partial charge >= 0.3 is 5.69 Å². The molecule has 0 saturated carbocycles. The van der Waals surface area contributed by atoms with Crippen LogP contribution < -0.4 is 16.6 Å². The van der Waals surface area contributed by atoms with E-state index in [0.29, 0.717) is 11.1 Å². The molecule has 0 aliphatic heterocycles. The van der Waals surface area contributed by atoms with Gasteiger partial charge in [0.25, 0.3) is 11.5 Å². The Hall–Kier alpha value is -4.14. The summed E-state index contributed by atoms with van der Waals surface area (Å²) in [6.45, 7) is -0.177. The van der Waals surface area contributed by atoms with Crippen molar-refractivity contribution in [3.63, 3.8) is 0 Å². The van der Waals surface area contributed by atoms with Crippen LogP contribution in [-0.4, -0.2) is 40.5 Å². The normalized spacial score (nSPS) is 10.4. The number of rotatable bonds is 4. The highest BCUT2D eigenvalue weighted by molar-refractivity contribution is 6.01. The van der Waals surface area contributed by atoms with Crippen molar-refractivity contribution in [3.05, 3.63) is 61.9 Å². The molecule has 0 unspecified atom stereocenters. The molecule has 1 aromatic carbocycles. The minimum atomic E-state index is -0.890. The van der Waals surface area contributed by atoms with E-state index in [0.717, 1.165) is 9.25 Å². The van der Waals surface area contributed by atoms with Crippen LogP contribution in [0.3, 0.4) is 0 Å². The zero-order valence-electron chi connectivity index (χ0n) is 14.3. The zero-order valence-corrected chi connectivity index (χ0v) is 14.3. The first-order valence-electron chi connectivity index (χ1n) is 7.62. The number of tetrazole rings is 1. The van der Waals surface area contributed by atoms with E-state index < -0.39 is 22.9 Å². The van der Waals surface area contributed by atoms with Crippen molar-refractivity contribution in [1.82, 2.24) is 34.6 Å². The highest BCUT2D eigenvalue weighted by atomic mass is 16.2. The molecule has 0 aliphatic rings. The lowest BCUT2D eigenvalue weighted by atomic mass is 10.1. The van der Waals surface area contributed by atoms with Crippen molar-refractivity contribution in [2.24, 2.45) is 14.1 Å². The molecular weight excluding hydrogens is 354 g/mol. The summed E-state index contributed by atoms with van der Waals surface area (Å²) < 4.78 is 2.91. The second kappa shape index (κ2) is 7.00. The Balaban J connectivity index is 2.05. The minimum Gasteiger partial charge on any atom is -0.288 e. The van der Waals surface area contributed by atoms with Crippen molar-refractivity contribution in [1.29, 1.82) is 5.26 Å². The smallest absolute Gasteiger partial charge is 0.288 e. The van der Waals surface area contributed by atoms with E-state index in [-0.39, 0.29) is 12.5 Å². The molecule has 12 heteroatoms. The Labute approximate surface area is 151 Å². The summed E-state index contributed by atoms with van der Waals surface area (Å²) in [7, 11) is 2.82. The molecule has 0 aliphatic carbocycles. The quantitative estimate of drug-likeness (QED) is 0.593. The van der Waals surface area contributed by atoms with E-state index in [4.69, 9.17) is 0 Å². The van der Waals surface area contributed by atoms with E-state index in [1.807, 2.05) is 6.07 Å². The molecule has 0 bridgehead atoms. The largest absolute Gasteiger partial charge is 0.347 e. The Morgan fingerprint density at radius 1 is 1.22 bits per heavy atom. The predicted octanol–water partition coefficient (Wildman–Crippen LogP) is -1.36. The van der Waals surface area contributed by atoms with Crippen molar-refractivity contribution in [3.8, 4) is 6.07 Å². The molecule has 1 amide bonds. The van der Waals surface area contributed by atoms with Gasteiger partial charge in [-0.25, -0.2) is 14.2 Å². The van der Waals surface area contributed by atoms with E-state index in [2.05, 4.69) is 25.9 Å². The molecule has 2 aromatic heterocycles. The number of anilines is 1. The Kier molecular flexibility index (Phi) is 4.58. The van der Waals surface area contributed by atoms with Gasteiger partial charge < -0.3 is 0 Å². The number of carbonyl (C=O) groups is 1. The van der Waals surface area contributed by atoms with Crippen molar-refractivity contribution in [2.45, 2.75) is 6.54 Å². The Morgan fingerprint density at radius 2 is 1.96 bits per heavy atom. The fraction of sp³-hybridized carbons (Fsp3) is 0.200. The van der Waals surface area contributed by atoms with Crippen LogP contribution in [-0.2, 0) is 20.6 Å². The second-order valence-corrected chi connectivity index (χ2v) is 5.50. The maximum atomic E-state index is 12.7. The van der Waals surface area contributed by atoms with Gasteiger partial charge in [-0.05, 0) is 22.1 Å². The van der Waals surface area contributed by atoms with Crippen LogP contribution in [0.1, 0.15) is 21.6 Å². The van der Waals surface area contributed by atoms with Crippen LogP contribution >= 0.6 is 0 Å². The Bertz CT molecular complexity index is 1180. The SMILES string of the molecule is Cn1nnnc1NC(=O)c1nn(C)c(=O)n(Cc2ccccc2C#N)c1=O. The van der Waals surface area contributed by atoms with Crippen LogP contribution in [0.2, 0.25) is 0 Å². The first-order valence-corrected chi connectivity index (χ1v) is 7.62. The van der Waals surface area contributed by atoms with Gasteiger partial charge in [-0.2, -0.15) is 10.4 Å². The van der Waals surface area contributed by atoms with Crippen LogP contribution in [0, 0.1) is 11.3 Å². The molecule has 0 fully saturated rings. The van der Waals surface area contributed by atoms with Gasteiger partial charge in [-0.1, -0.05) is 23.3 Å². The molecule has 27 heavy (non-hydrogen) atoms. The van der Waals surface area contributed by atoms with Gasteiger partial charge in [0.1, 0.15) is 0 Å². The number of aromatic nitrogens is 7. The molecule has 2 heterocycles. The first-order chi connectivity index (χ1) is 12.9. The Morgan fingerprint density at radius 3 is 2.63 bits per heavy atom. The molecule has 12 nitrogen and oxygen atoms in total. The summed E-state index contributed by atoms with van der Waals surface area (Å²) in [5, 5.41) is 25.8. The highest BCUT2D eigenvalue weighted by Crippen LogP contribution is 2.07. The number of carbonyl (C=O) groups excluding carboxylic acids is 1. The number of aryl methyl sites for hydroxylation is 2. The molecule has 0 radical (unpaired) electrons. The maximum absolute atomic E-state index is 12.7. The minimum absolute atomic E-state index is 0.0106. The molecule has 0 atom stereocenters. The molecule has 3 aromatic rings. The summed E-state index contributed by atoms with van der Waals surface area (Å²) in [6.07, 6.45) is 0. The molecule has 0 saturated heterocycles. The lowest BCUT2D eigenvalue weighted by molar-refractivity contribution is 0.101. The third-order valence-corrected chi connectivity index (χ3v) is 3.73. The van der Waals surface area contributed by atoms with Gasteiger partial charge in [0.15, 0.2) is 0 Å². The standard InChI is InChI=1S/C15H13N9O3/c1-22-14(18-20-21-22)17-12(25)11-13(26)24(15(27)23(2)19-11)8-10-6-4-3-5-9(10)7-16/h3-6H,8H2,1-2H3,(H,17,18,21,25). The van der Waals surface area contributed by atoms with Crippen LogP contribution in [0.5, 0.6) is 0 Å².